The molecule has 0 bridgehead atoms. The molecule has 2 aliphatic rings. The molecule has 2 fully saturated rings. The largest absolute Gasteiger partial charge is 0.294 e. The van der Waals surface area contributed by atoms with E-state index in [0.717, 1.165) is 35.4 Å². The number of likely N-dealkylation sites (tertiary alicyclic amines) is 1. The molecule has 1 aliphatic heterocycles. The maximum Gasteiger partial charge on any atom is 0.259 e. The van der Waals surface area contributed by atoms with Crippen LogP contribution in [0.2, 0.25) is 0 Å². The summed E-state index contributed by atoms with van der Waals surface area (Å²) in [5.74, 6) is 0.872. The zero-order valence-corrected chi connectivity index (χ0v) is 13.9. The van der Waals surface area contributed by atoms with Crippen LogP contribution >= 0.6 is 11.3 Å². The van der Waals surface area contributed by atoms with Crippen LogP contribution in [0.4, 0.5) is 0 Å². The van der Waals surface area contributed by atoms with Gasteiger partial charge in [-0.15, -0.1) is 11.3 Å². The molecule has 118 valence electrons. The van der Waals surface area contributed by atoms with Gasteiger partial charge in [-0.1, -0.05) is 12.8 Å². The first-order valence-electron chi connectivity index (χ1n) is 8.43. The number of fused-ring (bicyclic) bond motifs is 2. The van der Waals surface area contributed by atoms with E-state index in [2.05, 4.69) is 4.90 Å². The molecule has 0 spiro atoms. The third-order valence-corrected chi connectivity index (χ3v) is 6.30. The number of aromatic nitrogens is 2. The standard InChI is InChI=1S/C17H23N3OS/c1-12-11-22-17-18-14(9-16(21)20(12)17)10-19-8-4-6-13-5-2-3-7-15(13)19/h9,11,13,15H,2-8,10H2,1H3/t13-,15+/m0/s1. The third-order valence-electron chi connectivity index (χ3n) is 5.35. The summed E-state index contributed by atoms with van der Waals surface area (Å²) in [7, 11) is 0. The highest BCUT2D eigenvalue weighted by molar-refractivity contribution is 7.15. The fraction of sp³-hybridized carbons (Fsp3) is 0.647. The van der Waals surface area contributed by atoms with Crippen molar-refractivity contribution >= 4 is 16.3 Å². The van der Waals surface area contributed by atoms with Crippen molar-refractivity contribution in [2.24, 2.45) is 5.92 Å². The molecule has 3 heterocycles. The van der Waals surface area contributed by atoms with E-state index in [1.54, 1.807) is 21.8 Å². The highest BCUT2D eigenvalue weighted by atomic mass is 32.1. The number of thiazole rings is 1. The Balaban J connectivity index is 1.61. The van der Waals surface area contributed by atoms with E-state index < -0.39 is 0 Å². The second kappa shape index (κ2) is 5.78. The van der Waals surface area contributed by atoms with E-state index in [-0.39, 0.29) is 5.56 Å². The highest BCUT2D eigenvalue weighted by Crippen LogP contribution is 2.35. The molecular formula is C17H23N3OS. The van der Waals surface area contributed by atoms with Crippen LogP contribution in [0.5, 0.6) is 0 Å². The van der Waals surface area contributed by atoms with Crippen LogP contribution in [-0.2, 0) is 6.54 Å². The summed E-state index contributed by atoms with van der Waals surface area (Å²) in [5, 5.41) is 2.01. The Morgan fingerprint density at radius 2 is 2.09 bits per heavy atom. The zero-order chi connectivity index (χ0) is 15.1. The minimum absolute atomic E-state index is 0.0657. The normalized spacial score (nSPS) is 26.2. The van der Waals surface area contributed by atoms with Gasteiger partial charge in [-0.05, 0) is 45.1 Å². The first-order chi connectivity index (χ1) is 10.7. The molecule has 0 unspecified atom stereocenters. The third kappa shape index (κ3) is 2.50. The second-order valence-electron chi connectivity index (χ2n) is 6.81. The molecule has 2 aromatic rings. The van der Waals surface area contributed by atoms with Crippen molar-refractivity contribution in [3.05, 3.63) is 33.2 Å². The van der Waals surface area contributed by atoms with Gasteiger partial charge in [0.1, 0.15) is 0 Å². The van der Waals surface area contributed by atoms with Crippen molar-refractivity contribution in [1.82, 2.24) is 14.3 Å². The lowest BCUT2D eigenvalue weighted by molar-refractivity contribution is 0.0537. The summed E-state index contributed by atoms with van der Waals surface area (Å²) in [6.07, 6.45) is 8.15. The van der Waals surface area contributed by atoms with Crippen LogP contribution in [0.1, 0.15) is 49.9 Å². The number of hydrogen-bond acceptors (Lipinski definition) is 4. The minimum atomic E-state index is 0.0657. The highest BCUT2D eigenvalue weighted by Gasteiger charge is 2.33. The number of hydrogen-bond donors (Lipinski definition) is 0. The first kappa shape index (κ1) is 14.4. The lowest BCUT2D eigenvalue weighted by Crippen LogP contribution is -2.46. The molecule has 0 radical (unpaired) electrons. The van der Waals surface area contributed by atoms with Gasteiger partial charge in [0.15, 0.2) is 4.96 Å². The van der Waals surface area contributed by atoms with Crippen LogP contribution in [0.25, 0.3) is 4.96 Å². The van der Waals surface area contributed by atoms with Gasteiger partial charge in [-0.3, -0.25) is 14.1 Å². The molecule has 4 rings (SSSR count). The summed E-state index contributed by atoms with van der Waals surface area (Å²) >= 11 is 1.56. The monoisotopic (exact) mass is 317 g/mol. The molecule has 1 aliphatic carbocycles. The van der Waals surface area contributed by atoms with Gasteiger partial charge in [0.2, 0.25) is 0 Å². The number of piperidine rings is 1. The van der Waals surface area contributed by atoms with Crippen LogP contribution in [0.3, 0.4) is 0 Å². The molecule has 2 atom stereocenters. The summed E-state index contributed by atoms with van der Waals surface area (Å²) in [6, 6.07) is 2.45. The van der Waals surface area contributed by atoms with Crippen LogP contribution < -0.4 is 5.56 Å². The van der Waals surface area contributed by atoms with Gasteiger partial charge in [0.25, 0.3) is 5.56 Å². The predicted molar refractivity (Wildman–Crippen MR) is 89.5 cm³/mol. The molecular weight excluding hydrogens is 294 g/mol. The molecule has 22 heavy (non-hydrogen) atoms. The molecule has 2 aromatic heterocycles. The number of nitrogens with zero attached hydrogens (tertiary/aromatic N) is 3. The van der Waals surface area contributed by atoms with E-state index in [1.165, 1.54) is 38.5 Å². The van der Waals surface area contributed by atoms with E-state index in [1.807, 2.05) is 12.3 Å². The Kier molecular flexibility index (Phi) is 3.78. The average Bonchev–Trinajstić information content (AvgIpc) is 2.89. The van der Waals surface area contributed by atoms with Gasteiger partial charge in [0, 0.05) is 29.7 Å². The van der Waals surface area contributed by atoms with Crippen molar-refractivity contribution < 1.29 is 0 Å². The summed E-state index contributed by atoms with van der Waals surface area (Å²) in [4.78, 5) is 20.5. The maximum absolute atomic E-state index is 12.3. The van der Waals surface area contributed by atoms with Crippen molar-refractivity contribution in [3.8, 4) is 0 Å². The second-order valence-corrected chi connectivity index (χ2v) is 7.64. The Morgan fingerprint density at radius 1 is 1.27 bits per heavy atom. The van der Waals surface area contributed by atoms with Crippen LogP contribution in [0.15, 0.2) is 16.2 Å². The Labute approximate surface area is 134 Å². The lowest BCUT2D eigenvalue weighted by Gasteiger charge is -2.44. The quantitative estimate of drug-likeness (QED) is 0.853. The molecule has 0 aromatic carbocycles. The Morgan fingerprint density at radius 3 is 3.00 bits per heavy atom. The molecule has 0 amide bonds. The van der Waals surface area contributed by atoms with Gasteiger partial charge < -0.3 is 0 Å². The fourth-order valence-electron chi connectivity index (χ4n) is 4.31. The van der Waals surface area contributed by atoms with Crippen LogP contribution in [-0.4, -0.2) is 26.9 Å². The smallest absolute Gasteiger partial charge is 0.259 e. The van der Waals surface area contributed by atoms with Gasteiger partial charge >= 0.3 is 0 Å². The van der Waals surface area contributed by atoms with Crippen molar-refractivity contribution in [3.63, 3.8) is 0 Å². The number of aryl methyl sites for hydroxylation is 1. The molecule has 1 saturated carbocycles. The lowest BCUT2D eigenvalue weighted by atomic mass is 9.78. The van der Waals surface area contributed by atoms with Gasteiger partial charge in [0.05, 0.1) is 5.69 Å². The summed E-state index contributed by atoms with van der Waals surface area (Å²) < 4.78 is 1.72. The summed E-state index contributed by atoms with van der Waals surface area (Å²) in [6.45, 7) is 3.96. The Bertz CT molecular complexity index is 733. The topological polar surface area (TPSA) is 37.6 Å². The van der Waals surface area contributed by atoms with Crippen LogP contribution in [0, 0.1) is 12.8 Å². The van der Waals surface area contributed by atoms with Crippen molar-refractivity contribution in [2.45, 2.75) is 58.0 Å². The zero-order valence-electron chi connectivity index (χ0n) is 13.1. The molecule has 5 heteroatoms. The van der Waals surface area contributed by atoms with E-state index in [4.69, 9.17) is 4.98 Å². The SMILES string of the molecule is Cc1csc2nc(CN3CCC[C@@H]4CCCC[C@H]43)cc(=O)n12. The van der Waals surface area contributed by atoms with E-state index in [9.17, 15) is 4.79 Å². The van der Waals surface area contributed by atoms with Gasteiger partial charge in [-0.2, -0.15) is 0 Å². The summed E-state index contributed by atoms with van der Waals surface area (Å²) in [5.41, 5.74) is 1.99. The minimum Gasteiger partial charge on any atom is -0.294 e. The van der Waals surface area contributed by atoms with E-state index >= 15 is 0 Å². The molecule has 4 nitrogen and oxygen atoms in total. The van der Waals surface area contributed by atoms with Crippen molar-refractivity contribution in [1.29, 1.82) is 0 Å². The Hall–Kier alpha value is -1.20. The van der Waals surface area contributed by atoms with Crippen molar-refractivity contribution in [2.75, 3.05) is 6.54 Å². The molecule has 1 saturated heterocycles. The van der Waals surface area contributed by atoms with Gasteiger partial charge in [-0.25, -0.2) is 4.98 Å². The molecule has 0 N–H and O–H groups in total. The maximum atomic E-state index is 12.3. The number of rotatable bonds is 2. The predicted octanol–water partition coefficient (Wildman–Crippen LogP) is 3.22. The van der Waals surface area contributed by atoms with E-state index in [0.29, 0.717) is 6.04 Å². The first-order valence-corrected chi connectivity index (χ1v) is 9.31. The average molecular weight is 317 g/mol. The fourth-order valence-corrected chi connectivity index (χ4v) is 5.20.